The number of likely N-dealkylation sites (N-methyl/N-ethyl adjacent to an activating group) is 1. The minimum atomic E-state index is -0.265. The Labute approximate surface area is 223 Å². The molecule has 2 fully saturated rings. The molecule has 4 aliphatic rings. The summed E-state index contributed by atoms with van der Waals surface area (Å²) in [5, 5.41) is 3.37. The zero-order valence-electron chi connectivity index (χ0n) is 21.7. The fourth-order valence-electron chi connectivity index (χ4n) is 6.34. The SMILES string of the molecule is CN1C(=O)C2Cc3ccccc3N2c2nc(Nc3ccc(N4CCC(N5CCOCC5)CC4)cc3)ncc21. The molecule has 2 aromatic carbocycles. The Morgan fingerprint density at radius 2 is 1.71 bits per heavy atom. The van der Waals surface area contributed by atoms with Crippen molar-refractivity contribution in [2.75, 3.05) is 66.5 Å². The number of anilines is 6. The Morgan fingerprint density at radius 1 is 0.947 bits per heavy atom. The molecule has 7 rings (SSSR count). The molecule has 0 saturated carbocycles. The first-order valence-electron chi connectivity index (χ1n) is 13.6. The van der Waals surface area contributed by atoms with Crippen LogP contribution in [0.15, 0.2) is 54.7 Å². The topological polar surface area (TPSA) is 77.1 Å². The lowest BCUT2D eigenvalue weighted by atomic mass is 10.0. The number of ether oxygens (including phenoxy) is 1. The van der Waals surface area contributed by atoms with Crippen LogP contribution in [-0.2, 0) is 16.0 Å². The van der Waals surface area contributed by atoms with E-state index in [9.17, 15) is 4.79 Å². The molecule has 9 heteroatoms. The molecule has 1 unspecified atom stereocenters. The first kappa shape index (κ1) is 23.4. The van der Waals surface area contributed by atoms with E-state index in [4.69, 9.17) is 9.72 Å². The van der Waals surface area contributed by atoms with Gasteiger partial charge >= 0.3 is 0 Å². The average molecular weight is 512 g/mol. The van der Waals surface area contributed by atoms with E-state index in [-0.39, 0.29) is 11.9 Å². The van der Waals surface area contributed by atoms with Gasteiger partial charge < -0.3 is 24.8 Å². The first-order valence-corrected chi connectivity index (χ1v) is 13.6. The molecule has 9 nitrogen and oxygen atoms in total. The third-order valence-electron chi connectivity index (χ3n) is 8.45. The maximum atomic E-state index is 13.1. The van der Waals surface area contributed by atoms with Crippen LogP contribution in [0.25, 0.3) is 0 Å². The van der Waals surface area contributed by atoms with Crippen LogP contribution in [-0.4, -0.2) is 79.3 Å². The molecular formula is C29H33N7O2. The second kappa shape index (κ2) is 9.56. The standard InChI is InChI=1S/C29H33N7O2/c1-33-26-19-30-29(32-27(26)36-24-5-3-2-4-20(24)18-25(36)28(33)37)31-21-6-8-22(9-7-21)34-12-10-23(11-13-34)35-14-16-38-17-15-35/h2-9,19,23,25H,10-18H2,1H3,(H,30,31,32). The molecule has 5 heterocycles. The van der Waals surface area contributed by atoms with Crippen molar-refractivity contribution in [3.05, 3.63) is 60.3 Å². The molecule has 38 heavy (non-hydrogen) atoms. The van der Waals surface area contributed by atoms with Gasteiger partial charge in [-0.25, -0.2) is 4.98 Å². The van der Waals surface area contributed by atoms with Crippen molar-refractivity contribution in [1.82, 2.24) is 14.9 Å². The van der Waals surface area contributed by atoms with Gasteiger partial charge in [0.15, 0.2) is 5.82 Å². The molecule has 0 spiro atoms. The van der Waals surface area contributed by atoms with Crippen LogP contribution < -0.4 is 20.0 Å². The van der Waals surface area contributed by atoms with E-state index in [1.807, 2.05) is 12.1 Å². The number of para-hydroxylation sites is 1. The monoisotopic (exact) mass is 511 g/mol. The summed E-state index contributed by atoms with van der Waals surface area (Å²) in [7, 11) is 1.81. The van der Waals surface area contributed by atoms with Crippen molar-refractivity contribution in [3.63, 3.8) is 0 Å². The van der Waals surface area contributed by atoms with Crippen molar-refractivity contribution in [2.45, 2.75) is 31.3 Å². The maximum Gasteiger partial charge on any atom is 0.250 e. The zero-order valence-corrected chi connectivity index (χ0v) is 21.7. The number of carbonyl (C=O) groups is 1. The van der Waals surface area contributed by atoms with Gasteiger partial charge in [0.25, 0.3) is 0 Å². The van der Waals surface area contributed by atoms with Gasteiger partial charge in [-0.05, 0) is 48.7 Å². The molecule has 0 bridgehead atoms. The van der Waals surface area contributed by atoms with Crippen molar-refractivity contribution in [1.29, 1.82) is 0 Å². The summed E-state index contributed by atoms with van der Waals surface area (Å²) in [5.41, 5.74) is 5.13. The number of nitrogens with one attached hydrogen (secondary N) is 1. The highest BCUT2D eigenvalue weighted by Gasteiger charge is 2.43. The number of carbonyl (C=O) groups excluding carboxylic acids is 1. The fraction of sp³-hybridized carbons (Fsp3) is 0.414. The van der Waals surface area contributed by atoms with E-state index in [1.165, 1.54) is 24.1 Å². The smallest absolute Gasteiger partial charge is 0.250 e. The predicted octanol–water partition coefficient (Wildman–Crippen LogP) is 3.56. The quantitative estimate of drug-likeness (QED) is 0.570. The highest BCUT2D eigenvalue weighted by molar-refractivity contribution is 6.07. The van der Waals surface area contributed by atoms with E-state index in [1.54, 1.807) is 18.1 Å². The van der Waals surface area contributed by atoms with E-state index < -0.39 is 0 Å². The summed E-state index contributed by atoms with van der Waals surface area (Å²) in [6.45, 7) is 6.01. The highest BCUT2D eigenvalue weighted by Crippen LogP contribution is 2.45. The number of rotatable bonds is 4. The van der Waals surface area contributed by atoms with Gasteiger partial charge in [-0.2, -0.15) is 4.98 Å². The summed E-state index contributed by atoms with van der Waals surface area (Å²) in [4.78, 5) is 31.3. The largest absolute Gasteiger partial charge is 0.379 e. The molecule has 196 valence electrons. The lowest BCUT2D eigenvalue weighted by molar-refractivity contribution is -0.119. The number of nitrogens with zero attached hydrogens (tertiary/aromatic N) is 6. The van der Waals surface area contributed by atoms with Gasteiger partial charge in [-0.1, -0.05) is 18.2 Å². The maximum absolute atomic E-state index is 13.1. The van der Waals surface area contributed by atoms with E-state index in [2.05, 4.69) is 61.4 Å². The van der Waals surface area contributed by atoms with Crippen molar-refractivity contribution < 1.29 is 9.53 Å². The summed E-state index contributed by atoms with van der Waals surface area (Å²) in [6.07, 6.45) is 4.82. The molecule has 1 amide bonds. The van der Waals surface area contributed by atoms with Crippen LogP contribution in [0.2, 0.25) is 0 Å². The lowest BCUT2D eigenvalue weighted by Crippen LogP contribution is -2.49. The summed E-state index contributed by atoms with van der Waals surface area (Å²) in [5.74, 6) is 1.36. The molecule has 3 aromatic rings. The number of morpholine rings is 1. The van der Waals surface area contributed by atoms with Gasteiger partial charge in [0.1, 0.15) is 11.7 Å². The molecule has 4 aliphatic heterocycles. The van der Waals surface area contributed by atoms with E-state index >= 15 is 0 Å². The summed E-state index contributed by atoms with van der Waals surface area (Å²) >= 11 is 0. The third kappa shape index (κ3) is 4.06. The minimum absolute atomic E-state index is 0.0718. The third-order valence-corrected chi connectivity index (χ3v) is 8.45. The highest BCUT2D eigenvalue weighted by atomic mass is 16.5. The number of amides is 1. The van der Waals surface area contributed by atoms with Crippen molar-refractivity contribution in [2.24, 2.45) is 0 Å². The average Bonchev–Trinajstić information content (AvgIpc) is 3.37. The molecule has 0 radical (unpaired) electrons. The second-order valence-corrected chi connectivity index (χ2v) is 10.6. The van der Waals surface area contributed by atoms with Crippen LogP contribution in [0.1, 0.15) is 18.4 Å². The predicted molar refractivity (Wildman–Crippen MR) is 149 cm³/mol. The van der Waals surface area contributed by atoms with Crippen molar-refractivity contribution >= 4 is 40.4 Å². The van der Waals surface area contributed by atoms with Crippen molar-refractivity contribution in [3.8, 4) is 0 Å². The Kier molecular flexibility index (Phi) is 5.89. The number of piperidine rings is 1. The molecule has 2 saturated heterocycles. The number of aromatic nitrogens is 2. The second-order valence-electron chi connectivity index (χ2n) is 10.6. The van der Waals surface area contributed by atoms with Gasteiger partial charge in [0, 0.05) is 62.8 Å². The van der Waals surface area contributed by atoms with Gasteiger partial charge in [-0.3, -0.25) is 9.69 Å². The van der Waals surface area contributed by atoms with Crippen LogP contribution >= 0.6 is 0 Å². The van der Waals surface area contributed by atoms with E-state index in [0.717, 1.165) is 62.3 Å². The van der Waals surface area contributed by atoms with Crippen LogP contribution in [0, 0.1) is 0 Å². The Morgan fingerprint density at radius 3 is 2.50 bits per heavy atom. The Balaban J connectivity index is 1.06. The van der Waals surface area contributed by atoms with Gasteiger partial charge in [0.05, 0.1) is 19.4 Å². The lowest BCUT2D eigenvalue weighted by Gasteiger charge is -2.40. The number of hydrogen-bond acceptors (Lipinski definition) is 8. The van der Waals surface area contributed by atoms with Crippen LogP contribution in [0.5, 0.6) is 0 Å². The molecule has 0 aliphatic carbocycles. The van der Waals surface area contributed by atoms with Crippen LogP contribution in [0.3, 0.4) is 0 Å². The number of benzene rings is 2. The number of hydrogen-bond donors (Lipinski definition) is 1. The Hall–Kier alpha value is -3.69. The number of fused-ring (bicyclic) bond motifs is 5. The van der Waals surface area contributed by atoms with E-state index in [0.29, 0.717) is 18.4 Å². The fourth-order valence-corrected chi connectivity index (χ4v) is 6.34. The summed E-state index contributed by atoms with van der Waals surface area (Å²) in [6, 6.07) is 17.1. The summed E-state index contributed by atoms with van der Waals surface area (Å²) < 4.78 is 5.52. The van der Waals surface area contributed by atoms with Crippen LogP contribution in [0.4, 0.5) is 34.5 Å². The molecular weight excluding hydrogens is 478 g/mol. The minimum Gasteiger partial charge on any atom is -0.379 e. The molecule has 1 atom stereocenters. The first-order chi connectivity index (χ1) is 18.7. The normalized spacial score (nSPS) is 21.8. The van der Waals surface area contributed by atoms with Gasteiger partial charge in [0.2, 0.25) is 11.9 Å². The molecule has 1 N–H and O–H groups in total. The Bertz CT molecular complexity index is 1330. The molecule has 1 aromatic heterocycles. The zero-order chi connectivity index (χ0) is 25.6. The van der Waals surface area contributed by atoms with Gasteiger partial charge in [-0.15, -0.1) is 0 Å².